The number of benzene rings is 1. The van der Waals surface area contributed by atoms with Gasteiger partial charge in [-0.25, -0.2) is 4.68 Å². The van der Waals surface area contributed by atoms with Crippen LogP contribution in [0.1, 0.15) is 21.7 Å². The van der Waals surface area contributed by atoms with E-state index in [1.807, 2.05) is 13.8 Å². The van der Waals surface area contributed by atoms with Gasteiger partial charge in [-0.2, -0.15) is 5.10 Å². The molecule has 0 aliphatic heterocycles. The quantitative estimate of drug-likeness (QED) is 0.729. The van der Waals surface area contributed by atoms with Gasteiger partial charge in [-0.05, 0) is 54.0 Å². The first-order chi connectivity index (χ1) is 11.7. The first-order valence-corrected chi connectivity index (χ1v) is 8.18. The Labute approximate surface area is 152 Å². The second-order valence-electron chi connectivity index (χ2n) is 5.54. The van der Waals surface area contributed by atoms with Crippen molar-refractivity contribution in [2.24, 2.45) is 11.5 Å². The van der Waals surface area contributed by atoms with Crippen LogP contribution in [0.15, 0.2) is 28.7 Å². The van der Waals surface area contributed by atoms with Crippen LogP contribution >= 0.6 is 15.9 Å². The van der Waals surface area contributed by atoms with E-state index >= 15 is 0 Å². The van der Waals surface area contributed by atoms with Gasteiger partial charge in [0.2, 0.25) is 11.8 Å². The molecule has 0 spiro atoms. The summed E-state index contributed by atoms with van der Waals surface area (Å²) in [5.74, 6) is -1.95. The van der Waals surface area contributed by atoms with Gasteiger partial charge >= 0.3 is 0 Å². The number of hydrogen-bond donors (Lipinski definition) is 2. The molecule has 8 nitrogen and oxygen atoms in total. The number of nitrogens with two attached hydrogens (primary N) is 2. The summed E-state index contributed by atoms with van der Waals surface area (Å²) < 4.78 is 2.67. The molecule has 0 saturated carbocycles. The smallest absolute Gasteiger partial charge is 0.254 e. The molecular formula is C16H18BrN5O3. The highest BCUT2D eigenvalue weighted by Crippen LogP contribution is 2.23. The number of aryl methyl sites for hydroxylation is 1. The van der Waals surface area contributed by atoms with E-state index in [9.17, 15) is 14.4 Å². The van der Waals surface area contributed by atoms with Crippen molar-refractivity contribution in [3.05, 3.63) is 45.7 Å². The number of primary amides is 2. The van der Waals surface area contributed by atoms with Gasteiger partial charge in [0.1, 0.15) is 13.1 Å². The van der Waals surface area contributed by atoms with E-state index in [1.54, 1.807) is 28.9 Å². The Kier molecular flexibility index (Phi) is 5.58. The molecule has 4 N–H and O–H groups in total. The zero-order chi connectivity index (χ0) is 18.7. The second kappa shape index (κ2) is 7.47. The molecule has 132 valence electrons. The first-order valence-electron chi connectivity index (χ1n) is 7.38. The fourth-order valence-electron chi connectivity index (χ4n) is 2.38. The molecule has 0 aliphatic carbocycles. The highest BCUT2D eigenvalue weighted by Gasteiger charge is 2.20. The maximum atomic E-state index is 12.5. The summed E-state index contributed by atoms with van der Waals surface area (Å²) in [6.45, 7) is 3.05. The molecule has 0 unspecified atom stereocenters. The Balaban J connectivity index is 2.28. The lowest BCUT2D eigenvalue weighted by Gasteiger charge is -2.19. The van der Waals surface area contributed by atoms with Gasteiger partial charge in [-0.15, -0.1) is 0 Å². The predicted octanol–water partition coefficient (Wildman–Crippen LogP) is 0.664. The van der Waals surface area contributed by atoms with E-state index in [4.69, 9.17) is 11.5 Å². The minimum Gasteiger partial charge on any atom is -0.368 e. The molecule has 3 amide bonds. The SMILES string of the molecule is Cc1nn(-c2ccc(C(=O)N(CC(N)=O)CC(N)=O)cc2)c(C)c1Br. The first kappa shape index (κ1) is 18.7. The summed E-state index contributed by atoms with van der Waals surface area (Å²) in [5, 5.41) is 4.42. The standard InChI is InChI=1S/C16H18BrN5O3/c1-9-15(17)10(2)22(20-9)12-5-3-11(4-6-12)16(25)21(7-13(18)23)8-14(19)24/h3-6H,7-8H2,1-2H3,(H2,18,23)(H2,19,24). The van der Waals surface area contributed by atoms with Crippen molar-refractivity contribution >= 4 is 33.7 Å². The molecule has 1 aromatic carbocycles. The van der Waals surface area contributed by atoms with Crippen LogP contribution in [0, 0.1) is 13.8 Å². The number of nitrogens with zero attached hydrogens (tertiary/aromatic N) is 3. The molecule has 9 heteroatoms. The summed E-state index contributed by atoms with van der Waals surface area (Å²) >= 11 is 3.47. The second-order valence-corrected chi connectivity index (χ2v) is 6.33. The van der Waals surface area contributed by atoms with Crippen LogP contribution in [0.5, 0.6) is 0 Å². The molecule has 0 fully saturated rings. The van der Waals surface area contributed by atoms with Crippen molar-refractivity contribution < 1.29 is 14.4 Å². The Morgan fingerprint density at radius 3 is 2.00 bits per heavy atom. The number of halogens is 1. The van der Waals surface area contributed by atoms with Gasteiger partial charge in [0.05, 0.1) is 21.5 Å². The monoisotopic (exact) mass is 407 g/mol. The van der Waals surface area contributed by atoms with Crippen molar-refractivity contribution in [3.63, 3.8) is 0 Å². The van der Waals surface area contributed by atoms with Crippen molar-refractivity contribution in [1.29, 1.82) is 0 Å². The summed E-state index contributed by atoms with van der Waals surface area (Å²) in [7, 11) is 0. The number of rotatable bonds is 6. The third kappa shape index (κ3) is 4.24. The highest BCUT2D eigenvalue weighted by atomic mass is 79.9. The van der Waals surface area contributed by atoms with E-state index in [2.05, 4.69) is 21.0 Å². The lowest BCUT2D eigenvalue weighted by atomic mass is 10.1. The van der Waals surface area contributed by atoms with E-state index < -0.39 is 17.7 Å². The molecule has 0 saturated heterocycles. The number of aromatic nitrogens is 2. The topological polar surface area (TPSA) is 124 Å². The lowest BCUT2D eigenvalue weighted by molar-refractivity contribution is -0.121. The fraction of sp³-hybridized carbons (Fsp3) is 0.250. The summed E-state index contributed by atoms with van der Waals surface area (Å²) in [6.07, 6.45) is 0. The third-order valence-electron chi connectivity index (χ3n) is 3.54. The predicted molar refractivity (Wildman–Crippen MR) is 95.0 cm³/mol. The third-order valence-corrected chi connectivity index (χ3v) is 4.69. The van der Waals surface area contributed by atoms with Crippen molar-refractivity contribution in [3.8, 4) is 5.69 Å². The van der Waals surface area contributed by atoms with Gasteiger partial charge in [0.15, 0.2) is 0 Å². The summed E-state index contributed by atoms with van der Waals surface area (Å²) in [5.41, 5.74) is 13.1. The van der Waals surface area contributed by atoms with Gasteiger partial charge in [0, 0.05) is 5.56 Å². The van der Waals surface area contributed by atoms with Crippen LogP contribution in [0.3, 0.4) is 0 Å². The fourth-order valence-corrected chi connectivity index (χ4v) is 2.63. The maximum Gasteiger partial charge on any atom is 0.254 e. The lowest BCUT2D eigenvalue weighted by Crippen LogP contribution is -2.43. The van der Waals surface area contributed by atoms with E-state index in [1.165, 1.54) is 0 Å². The average Bonchev–Trinajstić information content (AvgIpc) is 2.80. The molecule has 1 heterocycles. The Morgan fingerprint density at radius 2 is 1.60 bits per heavy atom. The van der Waals surface area contributed by atoms with Crippen LogP contribution in [-0.4, -0.2) is 45.5 Å². The van der Waals surface area contributed by atoms with Crippen molar-refractivity contribution in [1.82, 2.24) is 14.7 Å². The average molecular weight is 408 g/mol. The molecule has 25 heavy (non-hydrogen) atoms. The highest BCUT2D eigenvalue weighted by molar-refractivity contribution is 9.10. The Bertz CT molecular complexity index is 813. The van der Waals surface area contributed by atoms with Gasteiger partial charge < -0.3 is 16.4 Å². The Morgan fingerprint density at radius 1 is 1.08 bits per heavy atom. The van der Waals surface area contributed by atoms with Crippen LogP contribution in [0.2, 0.25) is 0 Å². The minimum atomic E-state index is -0.723. The van der Waals surface area contributed by atoms with Crippen LogP contribution in [0.4, 0.5) is 0 Å². The molecule has 0 bridgehead atoms. The van der Waals surface area contributed by atoms with Gasteiger partial charge in [-0.1, -0.05) is 0 Å². The van der Waals surface area contributed by atoms with Crippen molar-refractivity contribution in [2.75, 3.05) is 13.1 Å². The van der Waals surface area contributed by atoms with Gasteiger partial charge in [-0.3, -0.25) is 14.4 Å². The van der Waals surface area contributed by atoms with E-state index in [-0.39, 0.29) is 13.1 Å². The van der Waals surface area contributed by atoms with Crippen LogP contribution < -0.4 is 11.5 Å². The number of amides is 3. The zero-order valence-corrected chi connectivity index (χ0v) is 15.4. The van der Waals surface area contributed by atoms with Crippen LogP contribution in [0.25, 0.3) is 5.69 Å². The summed E-state index contributed by atoms with van der Waals surface area (Å²) in [4.78, 5) is 35.7. The molecule has 1 aromatic heterocycles. The molecule has 0 atom stereocenters. The Hall–Kier alpha value is -2.68. The molecule has 0 aliphatic rings. The largest absolute Gasteiger partial charge is 0.368 e. The molecule has 2 rings (SSSR count). The molecule has 2 aromatic rings. The number of hydrogen-bond acceptors (Lipinski definition) is 4. The zero-order valence-electron chi connectivity index (χ0n) is 13.8. The maximum absolute atomic E-state index is 12.5. The molecular weight excluding hydrogens is 390 g/mol. The summed E-state index contributed by atoms with van der Waals surface area (Å²) in [6, 6.07) is 6.64. The normalized spacial score (nSPS) is 10.5. The van der Waals surface area contributed by atoms with Crippen molar-refractivity contribution in [2.45, 2.75) is 13.8 Å². The molecule has 0 radical (unpaired) electrons. The number of carbonyl (C=O) groups is 3. The van der Waals surface area contributed by atoms with Crippen LogP contribution in [-0.2, 0) is 9.59 Å². The van der Waals surface area contributed by atoms with E-state index in [0.717, 1.165) is 26.4 Å². The minimum absolute atomic E-state index is 0.312. The van der Waals surface area contributed by atoms with Gasteiger partial charge in [0.25, 0.3) is 5.91 Å². The van der Waals surface area contributed by atoms with E-state index in [0.29, 0.717) is 5.56 Å². The number of carbonyl (C=O) groups excluding carboxylic acids is 3.